The molecule has 0 saturated heterocycles. The summed E-state index contributed by atoms with van der Waals surface area (Å²) in [5.41, 5.74) is 0.693. The van der Waals surface area contributed by atoms with Gasteiger partial charge in [0.25, 0.3) is 0 Å². The Bertz CT molecular complexity index is 211. The maximum absolute atomic E-state index is 3.61. The van der Waals surface area contributed by atoms with Crippen LogP contribution in [0, 0.1) is 23.2 Å². The van der Waals surface area contributed by atoms with Gasteiger partial charge in [-0.15, -0.1) is 0 Å². The van der Waals surface area contributed by atoms with Crippen molar-refractivity contribution in [2.45, 2.75) is 59.3 Å². The summed E-state index contributed by atoms with van der Waals surface area (Å²) in [7, 11) is 0. The van der Waals surface area contributed by atoms with E-state index in [4.69, 9.17) is 0 Å². The fourth-order valence-electron chi connectivity index (χ4n) is 3.72. The van der Waals surface area contributed by atoms with Gasteiger partial charge in [-0.3, -0.25) is 0 Å². The molecule has 0 aromatic rings. The van der Waals surface area contributed by atoms with Gasteiger partial charge in [-0.25, -0.2) is 0 Å². The Kier molecular flexibility index (Phi) is 3.94. The van der Waals surface area contributed by atoms with Crippen LogP contribution in [0.25, 0.3) is 0 Å². The lowest BCUT2D eigenvalue weighted by Crippen LogP contribution is -2.33. The molecule has 2 fully saturated rings. The molecular weight excluding hydrogens is 194 g/mol. The van der Waals surface area contributed by atoms with E-state index in [9.17, 15) is 0 Å². The van der Waals surface area contributed by atoms with Crippen molar-refractivity contribution >= 4 is 0 Å². The van der Waals surface area contributed by atoms with E-state index in [-0.39, 0.29) is 0 Å². The molecule has 0 aliphatic heterocycles. The molecule has 2 atom stereocenters. The minimum absolute atomic E-state index is 0.693. The zero-order valence-corrected chi connectivity index (χ0v) is 11.4. The minimum atomic E-state index is 0.693. The Hall–Kier alpha value is -0.0400. The average Bonchev–Trinajstić information content (AvgIpc) is 2.84. The Morgan fingerprint density at radius 2 is 1.94 bits per heavy atom. The lowest BCUT2D eigenvalue weighted by Gasteiger charge is -2.31. The number of nitrogens with one attached hydrogen (secondary N) is 1. The number of rotatable bonds is 7. The first-order chi connectivity index (χ1) is 7.65. The van der Waals surface area contributed by atoms with Gasteiger partial charge in [-0.05, 0) is 55.4 Å². The summed E-state index contributed by atoms with van der Waals surface area (Å²) in [4.78, 5) is 0. The molecule has 16 heavy (non-hydrogen) atoms. The molecule has 2 aliphatic carbocycles. The molecule has 1 nitrogen and oxygen atoms in total. The third-order valence-electron chi connectivity index (χ3n) is 4.70. The van der Waals surface area contributed by atoms with Crippen LogP contribution in [-0.2, 0) is 0 Å². The highest BCUT2D eigenvalue weighted by molar-refractivity contribution is 5.03. The van der Waals surface area contributed by atoms with Crippen molar-refractivity contribution in [1.82, 2.24) is 5.32 Å². The molecule has 0 radical (unpaired) electrons. The summed E-state index contributed by atoms with van der Waals surface area (Å²) in [5.74, 6) is 3.13. The molecule has 0 amide bonds. The van der Waals surface area contributed by atoms with Crippen molar-refractivity contribution in [2.75, 3.05) is 13.1 Å². The largest absolute Gasteiger partial charge is 0.316 e. The fraction of sp³-hybridized carbons (Fsp3) is 1.00. The van der Waals surface area contributed by atoms with Crippen molar-refractivity contribution in [3.63, 3.8) is 0 Å². The summed E-state index contributed by atoms with van der Waals surface area (Å²) < 4.78 is 0. The van der Waals surface area contributed by atoms with E-state index in [0.29, 0.717) is 5.41 Å². The van der Waals surface area contributed by atoms with Crippen LogP contribution in [-0.4, -0.2) is 13.1 Å². The topological polar surface area (TPSA) is 12.0 Å². The Morgan fingerprint density at radius 1 is 1.25 bits per heavy atom. The van der Waals surface area contributed by atoms with Gasteiger partial charge >= 0.3 is 0 Å². The predicted octanol–water partition coefficient (Wildman–Crippen LogP) is 3.84. The van der Waals surface area contributed by atoms with Crippen LogP contribution in [0.15, 0.2) is 0 Å². The Morgan fingerprint density at radius 3 is 2.50 bits per heavy atom. The number of fused-ring (bicyclic) bond motifs is 1. The Balaban J connectivity index is 1.78. The fourth-order valence-corrected chi connectivity index (χ4v) is 3.72. The zero-order chi connectivity index (χ0) is 11.6. The van der Waals surface area contributed by atoms with Crippen LogP contribution in [0.1, 0.15) is 59.3 Å². The maximum atomic E-state index is 3.61. The third-order valence-corrected chi connectivity index (χ3v) is 4.70. The van der Waals surface area contributed by atoms with E-state index in [2.05, 4.69) is 26.1 Å². The first kappa shape index (κ1) is 12.4. The van der Waals surface area contributed by atoms with Crippen LogP contribution >= 0.6 is 0 Å². The number of hydrogen-bond donors (Lipinski definition) is 1. The van der Waals surface area contributed by atoms with Crippen molar-refractivity contribution < 1.29 is 0 Å². The summed E-state index contributed by atoms with van der Waals surface area (Å²) in [5, 5.41) is 3.61. The molecule has 0 heterocycles. The summed E-state index contributed by atoms with van der Waals surface area (Å²) in [6.45, 7) is 9.36. The zero-order valence-electron chi connectivity index (χ0n) is 11.4. The van der Waals surface area contributed by atoms with Gasteiger partial charge in [-0.2, -0.15) is 0 Å². The molecule has 2 unspecified atom stereocenters. The second-order valence-electron chi connectivity index (χ2n) is 6.73. The van der Waals surface area contributed by atoms with E-state index in [1.165, 1.54) is 38.6 Å². The molecule has 2 saturated carbocycles. The maximum Gasteiger partial charge on any atom is 0.000790 e. The molecular formula is C15H29N. The predicted molar refractivity (Wildman–Crippen MR) is 70.5 cm³/mol. The smallest absolute Gasteiger partial charge is 0.000790 e. The van der Waals surface area contributed by atoms with E-state index >= 15 is 0 Å². The van der Waals surface area contributed by atoms with Crippen LogP contribution in [0.4, 0.5) is 0 Å². The molecule has 94 valence electrons. The van der Waals surface area contributed by atoms with Gasteiger partial charge < -0.3 is 5.32 Å². The van der Waals surface area contributed by atoms with Crippen molar-refractivity contribution in [2.24, 2.45) is 23.2 Å². The quantitative estimate of drug-likeness (QED) is 0.691. The molecule has 0 bridgehead atoms. The van der Waals surface area contributed by atoms with Gasteiger partial charge in [0.1, 0.15) is 0 Å². The lowest BCUT2D eigenvalue weighted by molar-refractivity contribution is 0.220. The average molecular weight is 223 g/mol. The summed E-state index contributed by atoms with van der Waals surface area (Å²) in [6.07, 6.45) is 8.96. The van der Waals surface area contributed by atoms with E-state index in [1.807, 2.05) is 0 Å². The first-order valence-electron chi connectivity index (χ1n) is 7.36. The monoisotopic (exact) mass is 223 g/mol. The van der Waals surface area contributed by atoms with Gasteiger partial charge in [-0.1, -0.05) is 33.6 Å². The van der Waals surface area contributed by atoms with Crippen LogP contribution in [0.5, 0.6) is 0 Å². The van der Waals surface area contributed by atoms with Gasteiger partial charge in [0.05, 0.1) is 0 Å². The highest BCUT2D eigenvalue weighted by Gasteiger charge is 2.52. The van der Waals surface area contributed by atoms with E-state index < -0.39 is 0 Å². The van der Waals surface area contributed by atoms with Gasteiger partial charge in [0.15, 0.2) is 0 Å². The second kappa shape index (κ2) is 5.08. The highest BCUT2D eigenvalue weighted by atomic mass is 14.9. The van der Waals surface area contributed by atoms with Crippen LogP contribution in [0.3, 0.4) is 0 Å². The molecule has 2 aliphatic rings. The normalized spacial score (nSPS) is 36.8. The summed E-state index contributed by atoms with van der Waals surface area (Å²) >= 11 is 0. The number of hydrogen-bond acceptors (Lipinski definition) is 1. The highest BCUT2D eigenvalue weighted by Crippen LogP contribution is 2.61. The third kappa shape index (κ3) is 3.00. The van der Waals surface area contributed by atoms with E-state index in [1.54, 1.807) is 6.42 Å². The standard InChI is InChI=1S/C15H29N/c1-4-16-11-15(7-5-6-12(2)3)9-13-8-14(13)10-15/h12-14,16H,4-11H2,1-3H3. The minimum Gasteiger partial charge on any atom is -0.316 e. The van der Waals surface area contributed by atoms with Gasteiger partial charge in [0.2, 0.25) is 0 Å². The van der Waals surface area contributed by atoms with Crippen LogP contribution in [0.2, 0.25) is 0 Å². The van der Waals surface area contributed by atoms with Crippen molar-refractivity contribution in [3.05, 3.63) is 0 Å². The van der Waals surface area contributed by atoms with Gasteiger partial charge in [0, 0.05) is 6.54 Å². The first-order valence-corrected chi connectivity index (χ1v) is 7.36. The second-order valence-corrected chi connectivity index (χ2v) is 6.73. The summed E-state index contributed by atoms with van der Waals surface area (Å²) in [6, 6.07) is 0. The SMILES string of the molecule is CCNCC1(CCCC(C)C)CC2CC2C1. The molecule has 1 N–H and O–H groups in total. The molecule has 0 spiro atoms. The Labute approximate surface area is 101 Å². The van der Waals surface area contributed by atoms with Crippen molar-refractivity contribution in [3.8, 4) is 0 Å². The van der Waals surface area contributed by atoms with E-state index in [0.717, 1.165) is 24.3 Å². The molecule has 0 aromatic carbocycles. The molecule has 2 rings (SSSR count). The molecule has 0 aromatic heterocycles. The lowest BCUT2D eigenvalue weighted by atomic mass is 9.77. The van der Waals surface area contributed by atoms with Crippen LogP contribution < -0.4 is 5.32 Å². The molecule has 1 heteroatoms. The van der Waals surface area contributed by atoms with Crippen molar-refractivity contribution in [1.29, 1.82) is 0 Å².